The summed E-state index contributed by atoms with van der Waals surface area (Å²) >= 11 is 0. The number of nitrogens with zero attached hydrogens (tertiary/aromatic N) is 4. The Hall–Kier alpha value is -3.83. The van der Waals surface area contributed by atoms with Gasteiger partial charge in [0.2, 0.25) is 0 Å². The van der Waals surface area contributed by atoms with Crippen LogP contribution < -0.4 is 0 Å². The van der Waals surface area contributed by atoms with E-state index in [0.717, 1.165) is 28.2 Å². The van der Waals surface area contributed by atoms with Crippen LogP contribution >= 0.6 is 0 Å². The Morgan fingerprint density at radius 1 is 0.974 bits per heavy atom. The SMILES string of the molecule is CC1=NC(C)(C)Cc2ccc([N+](=O)[O-])cc21.CC1c2cc([N+](=O)[O-])ccc2CC(C)(C)N1C(=O)C(F)(F)F. The summed E-state index contributed by atoms with van der Waals surface area (Å²) in [6.45, 7) is 10.6. The first-order valence-corrected chi connectivity index (χ1v) is 11.9. The Labute approximate surface area is 217 Å². The first-order valence-electron chi connectivity index (χ1n) is 11.9. The molecule has 2 aliphatic heterocycles. The molecule has 204 valence electrons. The van der Waals surface area contributed by atoms with E-state index >= 15 is 0 Å². The van der Waals surface area contributed by atoms with E-state index < -0.39 is 28.6 Å². The third-order valence-electron chi connectivity index (χ3n) is 6.70. The highest BCUT2D eigenvalue weighted by molar-refractivity contribution is 6.01. The van der Waals surface area contributed by atoms with Gasteiger partial charge in [0.25, 0.3) is 11.4 Å². The Morgan fingerprint density at radius 3 is 2.03 bits per heavy atom. The first-order chi connectivity index (χ1) is 17.3. The summed E-state index contributed by atoms with van der Waals surface area (Å²) in [5.74, 6) is -1.93. The van der Waals surface area contributed by atoms with Gasteiger partial charge >= 0.3 is 12.1 Å². The normalized spacial score (nSPS) is 19.2. The van der Waals surface area contributed by atoms with Gasteiger partial charge < -0.3 is 4.90 Å². The average Bonchev–Trinajstić information content (AvgIpc) is 2.77. The fourth-order valence-electron chi connectivity index (χ4n) is 5.24. The standard InChI is InChI=1S/C14H15F3N2O3.C12H14N2O2/c1-8-11-6-10(19(21)22)5-4-9(11)7-13(2,3)18(8)12(20)14(15,16)17;1-8-11-6-10(14(15)16)5-4-9(11)7-12(2,3)13-8/h4-6,8H,7H2,1-3H3;4-6H,7H2,1-3H3. The van der Waals surface area contributed by atoms with Crippen LogP contribution in [0, 0.1) is 20.2 Å². The number of hydrogen-bond acceptors (Lipinski definition) is 6. The molecule has 2 aliphatic rings. The van der Waals surface area contributed by atoms with Crippen molar-refractivity contribution in [2.24, 2.45) is 4.99 Å². The third-order valence-corrected chi connectivity index (χ3v) is 6.70. The zero-order valence-corrected chi connectivity index (χ0v) is 21.9. The molecule has 0 radical (unpaired) electrons. The summed E-state index contributed by atoms with van der Waals surface area (Å²) in [6, 6.07) is 8.23. The maximum absolute atomic E-state index is 12.8. The van der Waals surface area contributed by atoms with Gasteiger partial charge in [-0.25, -0.2) is 0 Å². The second-order valence-corrected chi connectivity index (χ2v) is 10.8. The van der Waals surface area contributed by atoms with Gasteiger partial charge in [0.05, 0.1) is 21.4 Å². The van der Waals surface area contributed by atoms with Gasteiger partial charge in [0.15, 0.2) is 0 Å². The Morgan fingerprint density at radius 2 is 1.50 bits per heavy atom. The molecule has 4 rings (SSSR count). The minimum atomic E-state index is -4.98. The molecule has 2 heterocycles. The van der Waals surface area contributed by atoms with E-state index in [2.05, 4.69) is 18.8 Å². The van der Waals surface area contributed by atoms with Crippen LogP contribution in [0.15, 0.2) is 41.4 Å². The maximum Gasteiger partial charge on any atom is 0.471 e. The molecule has 9 nitrogen and oxygen atoms in total. The Balaban J connectivity index is 0.000000221. The number of carbonyl (C=O) groups excluding carboxylic acids is 1. The van der Waals surface area contributed by atoms with E-state index in [1.807, 2.05) is 13.0 Å². The third kappa shape index (κ3) is 5.84. The number of hydrogen-bond donors (Lipinski definition) is 0. The van der Waals surface area contributed by atoms with Gasteiger partial charge in [0, 0.05) is 41.1 Å². The van der Waals surface area contributed by atoms with Gasteiger partial charge in [-0.3, -0.25) is 30.0 Å². The number of non-ortho nitro benzene ring substituents is 2. The topological polar surface area (TPSA) is 119 Å². The quantitative estimate of drug-likeness (QED) is 0.340. The molecular weight excluding hydrogens is 505 g/mol. The number of nitro benzene ring substituents is 2. The first kappa shape index (κ1) is 28.7. The molecule has 1 amide bonds. The molecule has 2 aromatic carbocycles. The summed E-state index contributed by atoms with van der Waals surface area (Å²) in [4.78, 5) is 37.6. The monoisotopic (exact) mass is 534 g/mol. The van der Waals surface area contributed by atoms with Crippen molar-refractivity contribution >= 4 is 23.0 Å². The molecule has 12 heteroatoms. The zero-order chi connectivity index (χ0) is 28.8. The molecule has 0 spiro atoms. The summed E-state index contributed by atoms with van der Waals surface area (Å²) in [5.41, 5.74) is 2.83. The number of alkyl halides is 3. The van der Waals surface area contributed by atoms with Crippen molar-refractivity contribution < 1.29 is 27.8 Å². The van der Waals surface area contributed by atoms with Crippen LogP contribution in [0.25, 0.3) is 0 Å². The number of fused-ring (bicyclic) bond motifs is 2. The molecule has 0 bridgehead atoms. The van der Waals surface area contributed by atoms with E-state index in [0.29, 0.717) is 11.1 Å². The molecule has 1 unspecified atom stereocenters. The average molecular weight is 535 g/mol. The van der Waals surface area contributed by atoms with Gasteiger partial charge in [-0.15, -0.1) is 0 Å². The highest BCUT2D eigenvalue weighted by Gasteiger charge is 2.51. The predicted octanol–water partition coefficient (Wildman–Crippen LogP) is 6.12. The number of rotatable bonds is 2. The van der Waals surface area contributed by atoms with Crippen LogP contribution in [-0.4, -0.2) is 43.6 Å². The Kier molecular flexibility index (Phi) is 7.41. The minimum absolute atomic E-state index is 0.104. The van der Waals surface area contributed by atoms with E-state index in [-0.39, 0.29) is 28.3 Å². The molecular formula is C26H29F3N4O5. The van der Waals surface area contributed by atoms with E-state index in [1.165, 1.54) is 19.1 Å². The fraction of sp³-hybridized carbons (Fsp3) is 0.462. The molecule has 0 fully saturated rings. The Bertz CT molecular complexity index is 1330. The molecule has 0 aliphatic carbocycles. The number of carbonyl (C=O) groups is 1. The molecule has 1 atom stereocenters. The lowest BCUT2D eigenvalue weighted by Gasteiger charge is -2.47. The maximum atomic E-state index is 12.8. The summed E-state index contributed by atoms with van der Waals surface area (Å²) in [6.07, 6.45) is -3.95. The van der Waals surface area contributed by atoms with Gasteiger partial charge in [-0.1, -0.05) is 12.1 Å². The van der Waals surface area contributed by atoms with Crippen molar-refractivity contribution in [1.29, 1.82) is 0 Å². The number of amides is 1. The molecule has 0 aromatic heterocycles. The van der Waals surface area contributed by atoms with Crippen LogP contribution in [0.4, 0.5) is 24.5 Å². The van der Waals surface area contributed by atoms with Gasteiger partial charge in [-0.2, -0.15) is 13.2 Å². The minimum Gasteiger partial charge on any atom is -0.323 e. The summed E-state index contributed by atoms with van der Waals surface area (Å²) in [7, 11) is 0. The highest BCUT2D eigenvalue weighted by Crippen LogP contribution is 2.42. The molecule has 38 heavy (non-hydrogen) atoms. The molecule has 0 N–H and O–H groups in total. The lowest BCUT2D eigenvalue weighted by atomic mass is 9.81. The number of halogens is 3. The predicted molar refractivity (Wildman–Crippen MR) is 135 cm³/mol. The summed E-state index contributed by atoms with van der Waals surface area (Å²) < 4.78 is 38.5. The van der Waals surface area contributed by atoms with Gasteiger partial charge in [-0.05, 0) is 71.1 Å². The fourth-order valence-corrected chi connectivity index (χ4v) is 5.24. The van der Waals surface area contributed by atoms with Crippen LogP contribution in [-0.2, 0) is 17.6 Å². The lowest BCUT2D eigenvalue weighted by Crippen LogP contribution is -2.56. The lowest BCUT2D eigenvalue weighted by molar-refractivity contribution is -0.385. The van der Waals surface area contributed by atoms with Crippen molar-refractivity contribution in [3.05, 3.63) is 78.9 Å². The van der Waals surface area contributed by atoms with Gasteiger partial charge in [0.1, 0.15) is 0 Å². The van der Waals surface area contributed by atoms with Crippen molar-refractivity contribution in [3.63, 3.8) is 0 Å². The van der Waals surface area contributed by atoms with Crippen LogP contribution in [0.1, 0.15) is 69.8 Å². The number of nitro groups is 2. The molecule has 0 saturated carbocycles. The number of aliphatic imine (C=N–C) groups is 1. The van der Waals surface area contributed by atoms with E-state index in [4.69, 9.17) is 0 Å². The second kappa shape index (κ2) is 9.80. The molecule has 0 saturated heterocycles. The van der Waals surface area contributed by atoms with Crippen molar-refractivity contribution in [1.82, 2.24) is 4.90 Å². The van der Waals surface area contributed by atoms with Crippen molar-refractivity contribution in [3.8, 4) is 0 Å². The zero-order valence-electron chi connectivity index (χ0n) is 21.9. The highest BCUT2D eigenvalue weighted by atomic mass is 19.4. The summed E-state index contributed by atoms with van der Waals surface area (Å²) in [5, 5.41) is 21.5. The number of benzene rings is 2. The van der Waals surface area contributed by atoms with Crippen LogP contribution in [0.5, 0.6) is 0 Å². The second-order valence-electron chi connectivity index (χ2n) is 10.8. The van der Waals surface area contributed by atoms with Crippen LogP contribution in [0.3, 0.4) is 0 Å². The smallest absolute Gasteiger partial charge is 0.323 e. The largest absolute Gasteiger partial charge is 0.471 e. The van der Waals surface area contributed by atoms with Crippen molar-refractivity contribution in [2.75, 3.05) is 0 Å². The van der Waals surface area contributed by atoms with Crippen LogP contribution in [0.2, 0.25) is 0 Å². The van der Waals surface area contributed by atoms with E-state index in [1.54, 1.807) is 32.0 Å². The van der Waals surface area contributed by atoms with Crippen molar-refractivity contribution in [2.45, 2.75) is 77.7 Å². The molecule has 2 aromatic rings. The van der Waals surface area contributed by atoms with E-state index in [9.17, 15) is 38.2 Å².